The molecule has 0 unspecified atom stereocenters. The van der Waals surface area contributed by atoms with Crippen molar-refractivity contribution in [2.45, 2.75) is 12.1 Å². The molecule has 2 aromatic carbocycles. The van der Waals surface area contributed by atoms with Crippen LogP contribution in [-0.2, 0) is 10.0 Å². The van der Waals surface area contributed by atoms with Crippen LogP contribution in [0, 0.1) is 5.82 Å². The third-order valence-corrected chi connectivity index (χ3v) is 7.31. The fourth-order valence-electron chi connectivity index (χ4n) is 4.56. The molecule has 1 saturated heterocycles. The Hall–Kier alpha value is -3.67. The first-order chi connectivity index (χ1) is 18.2. The van der Waals surface area contributed by atoms with Crippen molar-refractivity contribution in [2.75, 3.05) is 23.0 Å². The molecule has 0 bridgehead atoms. The molecule has 1 aliphatic rings. The van der Waals surface area contributed by atoms with Gasteiger partial charge in [0.05, 0.1) is 35.8 Å². The van der Waals surface area contributed by atoms with Crippen molar-refractivity contribution >= 4 is 50.3 Å². The van der Waals surface area contributed by atoms with Crippen LogP contribution in [0.2, 0.25) is 5.02 Å². The molecule has 3 heterocycles. The number of benzene rings is 2. The van der Waals surface area contributed by atoms with Crippen LogP contribution in [0.5, 0.6) is 5.75 Å². The van der Waals surface area contributed by atoms with Gasteiger partial charge in [0.25, 0.3) is 0 Å². The average molecular weight is 572 g/mol. The number of nitrogens with one attached hydrogen (secondary N) is 2. The van der Waals surface area contributed by atoms with E-state index in [0.29, 0.717) is 22.2 Å². The summed E-state index contributed by atoms with van der Waals surface area (Å²) in [5, 5.41) is 3.81. The molecule has 8 nitrogen and oxygen atoms in total. The molecule has 1 aliphatic heterocycles. The van der Waals surface area contributed by atoms with Gasteiger partial charge in [-0.05, 0) is 72.9 Å². The van der Waals surface area contributed by atoms with E-state index >= 15 is 0 Å². The van der Waals surface area contributed by atoms with E-state index in [0.717, 1.165) is 17.6 Å². The van der Waals surface area contributed by atoms with Gasteiger partial charge >= 0.3 is 0 Å². The first kappa shape index (κ1) is 26.0. The lowest BCUT2D eigenvalue weighted by Crippen LogP contribution is -2.30. The third kappa shape index (κ3) is 5.04. The maximum Gasteiger partial charge on any atom is 0.229 e. The lowest BCUT2D eigenvalue weighted by Gasteiger charge is -2.29. The Morgan fingerprint density at radius 1 is 1.11 bits per heavy atom. The molecule has 196 valence electrons. The van der Waals surface area contributed by atoms with E-state index in [1.807, 2.05) is 46.0 Å². The quantitative estimate of drug-likeness (QED) is 0.294. The minimum Gasteiger partial charge on any atom is -0.495 e. The molecule has 2 N–H and O–H groups in total. The largest absolute Gasteiger partial charge is 0.495 e. The molecule has 0 aliphatic carbocycles. The SMILES string of the molecule is COc1ccc(N2C(=S)N[C@H](c3ccccn3)[C@@H]2c2cccn2-c2ccc(F)c(Cl)c2)cc1NS(C)(=O)=O. The van der Waals surface area contributed by atoms with Crippen molar-refractivity contribution < 1.29 is 17.5 Å². The molecule has 12 heteroatoms. The van der Waals surface area contributed by atoms with Gasteiger partial charge in [-0.2, -0.15) is 0 Å². The Balaban J connectivity index is 1.67. The van der Waals surface area contributed by atoms with Crippen LogP contribution >= 0.6 is 23.8 Å². The first-order valence-corrected chi connectivity index (χ1v) is 14.1. The molecular weight excluding hydrogens is 549 g/mol. The third-order valence-electron chi connectivity index (χ3n) is 6.12. The van der Waals surface area contributed by atoms with Crippen molar-refractivity contribution in [1.82, 2.24) is 14.9 Å². The topological polar surface area (TPSA) is 88.5 Å². The highest BCUT2D eigenvalue weighted by atomic mass is 35.5. The second-order valence-electron chi connectivity index (χ2n) is 8.66. The van der Waals surface area contributed by atoms with Crippen molar-refractivity contribution in [3.63, 3.8) is 0 Å². The second-order valence-corrected chi connectivity index (χ2v) is 11.2. The number of hydrogen-bond donors (Lipinski definition) is 2. The molecule has 1 fully saturated rings. The Kier molecular flexibility index (Phi) is 6.99. The Bertz CT molecular complexity index is 1610. The predicted molar refractivity (Wildman–Crippen MR) is 150 cm³/mol. The van der Waals surface area contributed by atoms with Crippen molar-refractivity contribution in [3.8, 4) is 11.4 Å². The van der Waals surface area contributed by atoms with Gasteiger partial charge in [0, 0.05) is 29.5 Å². The zero-order valence-electron chi connectivity index (χ0n) is 20.3. The average Bonchev–Trinajstić information content (AvgIpc) is 3.49. The van der Waals surface area contributed by atoms with E-state index in [1.54, 1.807) is 36.5 Å². The number of methoxy groups -OCH3 is 1. The standard InChI is InChI=1S/C26H23ClFN5O3S2/c1-36-23-11-9-17(15-21(23)31-38(2,34)35)33-25(24(30-26(33)37)20-6-3-4-12-29-20)22-7-5-13-32(22)16-8-10-19(28)18(27)14-16/h3-15,24-25,31H,1-2H3,(H,30,37)/t24-,25+/m1/s1. The lowest BCUT2D eigenvalue weighted by molar-refractivity contribution is 0.417. The predicted octanol–water partition coefficient (Wildman–Crippen LogP) is 5.22. The highest BCUT2D eigenvalue weighted by molar-refractivity contribution is 7.92. The number of nitrogens with zero attached hydrogens (tertiary/aromatic N) is 3. The van der Waals surface area contributed by atoms with Gasteiger partial charge in [-0.3, -0.25) is 9.71 Å². The summed E-state index contributed by atoms with van der Waals surface area (Å²) in [5.74, 6) is -0.149. The number of pyridine rings is 1. The number of halogens is 2. The van der Waals surface area contributed by atoms with Crippen LogP contribution in [0.1, 0.15) is 23.5 Å². The van der Waals surface area contributed by atoms with E-state index in [4.69, 9.17) is 28.6 Å². The fraction of sp³-hybridized carbons (Fsp3) is 0.154. The summed E-state index contributed by atoms with van der Waals surface area (Å²) in [6.07, 6.45) is 4.64. The van der Waals surface area contributed by atoms with Gasteiger partial charge in [0.15, 0.2) is 5.11 Å². The van der Waals surface area contributed by atoms with Crippen LogP contribution in [0.4, 0.5) is 15.8 Å². The number of ether oxygens (including phenoxy) is 1. The summed E-state index contributed by atoms with van der Waals surface area (Å²) in [4.78, 5) is 6.47. The molecule has 38 heavy (non-hydrogen) atoms. The first-order valence-electron chi connectivity index (χ1n) is 11.5. The summed E-state index contributed by atoms with van der Waals surface area (Å²) in [6.45, 7) is 0. The van der Waals surface area contributed by atoms with E-state index in [-0.39, 0.29) is 16.8 Å². The molecule has 0 radical (unpaired) electrons. The number of hydrogen-bond acceptors (Lipinski definition) is 5. The smallest absolute Gasteiger partial charge is 0.229 e. The summed E-state index contributed by atoms with van der Waals surface area (Å²) in [5.41, 5.74) is 3.15. The van der Waals surface area contributed by atoms with Crippen molar-refractivity contribution in [3.05, 3.63) is 101 Å². The summed E-state index contributed by atoms with van der Waals surface area (Å²) in [7, 11) is -2.12. The minimum absolute atomic E-state index is 0.00648. The summed E-state index contributed by atoms with van der Waals surface area (Å²) in [6, 6.07) is 18.4. The van der Waals surface area contributed by atoms with E-state index in [2.05, 4.69) is 15.0 Å². The van der Waals surface area contributed by atoms with Crippen LogP contribution in [0.3, 0.4) is 0 Å². The fourth-order valence-corrected chi connectivity index (χ4v) is 5.64. The summed E-state index contributed by atoms with van der Waals surface area (Å²) < 4.78 is 47.8. The molecule has 2 aromatic heterocycles. The van der Waals surface area contributed by atoms with Crippen LogP contribution in [-0.4, -0.2) is 36.4 Å². The van der Waals surface area contributed by atoms with Crippen LogP contribution in [0.25, 0.3) is 5.69 Å². The van der Waals surface area contributed by atoms with Gasteiger partial charge in [-0.15, -0.1) is 0 Å². The molecule has 0 amide bonds. The van der Waals surface area contributed by atoms with Crippen molar-refractivity contribution in [1.29, 1.82) is 0 Å². The van der Waals surface area contributed by atoms with Crippen LogP contribution < -0.4 is 19.7 Å². The Morgan fingerprint density at radius 2 is 1.89 bits per heavy atom. The Labute approximate surface area is 230 Å². The molecule has 0 saturated carbocycles. The molecule has 2 atom stereocenters. The normalized spacial score (nSPS) is 17.4. The van der Waals surface area contributed by atoms with Gasteiger partial charge < -0.3 is 19.5 Å². The zero-order valence-corrected chi connectivity index (χ0v) is 22.7. The molecule has 4 aromatic rings. The van der Waals surface area contributed by atoms with Gasteiger partial charge in [0.2, 0.25) is 10.0 Å². The minimum atomic E-state index is -3.58. The monoisotopic (exact) mass is 571 g/mol. The highest BCUT2D eigenvalue weighted by Gasteiger charge is 2.42. The number of aromatic nitrogens is 2. The van der Waals surface area contributed by atoms with Gasteiger partial charge in [-0.25, -0.2) is 12.8 Å². The van der Waals surface area contributed by atoms with Crippen LogP contribution in [0.15, 0.2) is 79.1 Å². The van der Waals surface area contributed by atoms with Gasteiger partial charge in [0.1, 0.15) is 17.6 Å². The van der Waals surface area contributed by atoms with Gasteiger partial charge in [-0.1, -0.05) is 17.7 Å². The zero-order chi connectivity index (χ0) is 27.0. The number of sulfonamides is 1. The Morgan fingerprint density at radius 3 is 2.58 bits per heavy atom. The maximum absolute atomic E-state index is 13.9. The highest BCUT2D eigenvalue weighted by Crippen LogP contribution is 2.44. The molecular formula is C26H23ClFN5O3S2. The number of rotatable bonds is 7. The molecule has 0 spiro atoms. The number of anilines is 2. The molecule has 5 rings (SSSR count). The lowest BCUT2D eigenvalue weighted by atomic mass is 10.0. The number of thiocarbonyl (C=S) groups is 1. The van der Waals surface area contributed by atoms with E-state index in [1.165, 1.54) is 13.2 Å². The second kappa shape index (κ2) is 10.2. The van der Waals surface area contributed by atoms with E-state index in [9.17, 15) is 12.8 Å². The summed E-state index contributed by atoms with van der Waals surface area (Å²) >= 11 is 11.9. The van der Waals surface area contributed by atoms with Crippen molar-refractivity contribution in [2.24, 2.45) is 0 Å². The van der Waals surface area contributed by atoms with E-state index < -0.39 is 21.9 Å². The maximum atomic E-state index is 13.9.